The van der Waals surface area contributed by atoms with Gasteiger partial charge in [-0.2, -0.15) is 0 Å². The summed E-state index contributed by atoms with van der Waals surface area (Å²) in [6.45, 7) is -0.148. The number of hydrogen-bond donors (Lipinski definition) is 4. The van der Waals surface area contributed by atoms with Gasteiger partial charge in [0.2, 0.25) is 5.90 Å². The molecule has 0 radical (unpaired) electrons. The van der Waals surface area contributed by atoms with E-state index in [1.54, 1.807) is 0 Å². The Labute approximate surface area is 107 Å². The first kappa shape index (κ1) is 13.0. The number of anilines is 1. The molecule has 1 aliphatic rings. The number of nitrogens with one attached hydrogen (secondary N) is 1. The second-order valence-electron chi connectivity index (χ2n) is 3.62. The highest BCUT2D eigenvalue weighted by molar-refractivity contribution is 6.29. The van der Waals surface area contributed by atoms with Crippen LogP contribution in [0.15, 0.2) is 17.2 Å². The lowest BCUT2D eigenvalue weighted by Crippen LogP contribution is -2.50. The molecule has 3 atom stereocenters. The second-order valence-corrected chi connectivity index (χ2v) is 4.00. The molecular weight excluding hydrogens is 264 g/mol. The lowest BCUT2D eigenvalue weighted by atomic mass is 10.1. The maximum absolute atomic E-state index is 9.57. The molecule has 0 saturated carbocycles. The highest BCUT2D eigenvalue weighted by atomic mass is 35.5. The van der Waals surface area contributed by atoms with Crippen molar-refractivity contribution in [2.45, 2.75) is 18.3 Å². The van der Waals surface area contributed by atoms with Crippen LogP contribution < -0.4 is 5.43 Å². The van der Waals surface area contributed by atoms with E-state index in [1.165, 1.54) is 12.1 Å². The molecule has 18 heavy (non-hydrogen) atoms. The number of aliphatic hydroxyl groups is 3. The van der Waals surface area contributed by atoms with Crippen LogP contribution in [-0.2, 0) is 4.74 Å². The summed E-state index contributed by atoms with van der Waals surface area (Å²) in [5, 5.41) is 39.4. The number of ether oxygens (including phenoxy) is 1. The van der Waals surface area contributed by atoms with Crippen LogP contribution >= 0.6 is 11.6 Å². The van der Waals surface area contributed by atoms with Gasteiger partial charge < -0.3 is 20.1 Å². The van der Waals surface area contributed by atoms with Gasteiger partial charge >= 0.3 is 0 Å². The van der Waals surface area contributed by atoms with Crippen LogP contribution in [0, 0.1) is 0 Å². The number of rotatable bonds is 2. The van der Waals surface area contributed by atoms with E-state index in [2.05, 4.69) is 20.7 Å². The summed E-state index contributed by atoms with van der Waals surface area (Å²) in [7, 11) is 0. The van der Waals surface area contributed by atoms with Crippen molar-refractivity contribution in [2.75, 3.05) is 12.0 Å². The first-order valence-electron chi connectivity index (χ1n) is 5.08. The smallest absolute Gasteiger partial charge is 0.238 e. The van der Waals surface area contributed by atoms with Crippen molar-refractivity contribution in [3.8, 4) is 0 Å². The van der Waals surface area contributed by atoms with Crippen molar-refractivity contribution in [3.63, 3.8) is 0 Å². The van der Waals surface area contributed by atoms with E-state index >= 15 is 0 Å². The van der Waals surface area contributed by atoms with Gasteiger partial charge in [-0.1, -0.05) is 11.6 Å². The third kappa shape index (κ3) is 2.85. The van der Waals surface area contributed by atoms with Gasteiger partial charge in [-0.05, 0) is 12.1 Å². The predicted molar refractivity (Wildman–Crippen MR) is 62.1 cm³/mol. The predicted octanol–water partition coefficient (Wildman–Crippen LogP) is -1.03. The highest BCUT2D eigenvalue weighted by Crippen LogP contribution is 2.12. The van der Waals surface area contributed by atoms with Crippen molar-refractivity contribution in [3.05, 3.63) is 17.3 Å². The average molecular weight is 275 g/mol. The Morgan fingerprint density at radius 3 is 2.78 bits per heavy atom. The minimum absolute atomic E-state index is 0.135. The summed E-state index contributed by atoms with van der Waals surface area (Å²) >= 11 is 5.56. The largest absolute Gasteiger partial charge is 0.475 e. The third-order valence-corrected chi connectivity index (χ3v) is 2.49. The summed E-state index contributed by atoms with van der Waals surface area (Å²) in [4.78, 5) is 0. The van der Waals surface area contributed by atoms with Crippen LogP contribution in [0.5, 0.6) is 0 Å². The molecule has 98 valence electrons. The Kier molecular flexibility index (Phi) is 3.92. The summed E-state index contributed by atoms with van der Waals surface area (Å²) in [5.41, 5.74) is 2.49. The van der Waals surface area contributed by atoms with Gasteiger partial charge in [0.05, 0.1) is 0 Å². The summed E-state index contributed by atoms with van der Waals surface area (Å²) in [5.74, 6) is 0.160. The van der Waals surface area contributed by atoms with Crippen LogP contribution in [-0.4, -0.2) is 56.3 Å². The number of aromatic nitrogens is 2. The number of nitrogens with zero attached hydrogens (tertiary/aromatic N) is 3. The Bertz CT molecular complexity index is 441. The first-order chi connectivity index (χ1) is 8.58. The monoisotopic (exact) mass is 274 g/mol. The SMILES string of the molecule is O[C@H]1[C@H](O)CO/C(=N\Nc2ccc(Cl)nn2)[C@@H]1O. The van der Waals surface area contributed by atoms with Crippen molar-refractivity contribution in [1.82, 2.24) is 10.2 Å². The topological polar surface area (TPSA) is 120 Å². The van der Waals surface area contributed by atoms with E-state index < -0.39 is 18.3 Å². The third-order valence-electron chi connectivity index (χ3n) is 2.29. The van der Waals surface area contributed by atoms with Crippen molar-refractivity contribution in [2.24, 2.45) is 5.10 Å². The summed E-state index contributed by atoms with van der Waals surface area (Å²) < 4.78 is 4.97. The normalized spacial score (nSPS) is 30.0. The molecule has 1 aromatic rings. The lowest BCUT2D eigenvalue weighted by molar-refractivity contribution is -0.0836. The summed E-state index contributed by atoms with van der Waals surface area (Å²) in [6, 6.07) is 3.04. The van der Waals surface area contributed by atoms with Crippen LogP contribution in [0.4, 0.5) is 5.82 Å². The molecule has 1 aromatic heterocycles. The second kappa shape index (κ2) is 5.44. The minimum atomic E-state index is -1.40. The lowest BCUT2D eigenvalue weighted by Gasteiger charge is -2.29. The molecule has 0 amide bonds. The molecule has 0 bridgehead atoms. The maximum Gasteiger partial charge on any atom is 0.238 e. The van der Waals surface area contributed by atoms with Gasteiger partial charge in [0.15, 0.2) is 17.1 Å². The molecular formula is C9H11ClN4O4. The zero-order valence-electron chi connectivity index (χ0n) is 9.06. The van der Waals surface area contributed by atoms with Crippen molar-refractivity contribution < 1.29 is 20.1 Å². The molecule has 8 nitrogen and oxygen atoms in total. The molecule has 9 heteroatoms. The highest BCUT2D eigenvalue weighted by Gasteiger charge is 2.35. The minimum Gasteiger partial charge on any atom is -0.475 e. The van der Waals surface area contributed by atoms with E-state index in [-0.39, 0.29) is 17.7 Å². The van der Waals surface area contributed by atoms with Crippen LogP contribution in [0.25, 0.3) is 0 Å². The Morgan fingerprint density at radius 2 is 2.11 bits per heavy atom. The molecule has 4 N–H and O–H groups in total. The van der Waals surface area contributed by atoms with Crippen LogP contribution in [0.2, 0.25) is 5.15 Å². The van der Waals surface area contributed by atoms with E-state index in [9.17, 15) is 15.3 Å². The molecule has 1 aliphatic heterocycles. The van der Waals surface area contributed by atoms with Gasteiger partial charge in [0, 0.05) is 0 Å². The van der Waals surface area contributed by atoms with Gasteiger partial charge in [0.1, 0.15) is 18.8 Å². The number of hydrazone groups is 1. The first-order valence-corrected chi connectivity index (χ1v) is 5.45. The number of halogens is 1. The van der Waals surface area contributed by atoms with E-state index in [0.717, 1.165) is 0 Å². The zero-order valence-corrected chi connectivity index (χ0v) is 9.82. The van der Waals surface area contributed by atoms with E-state index in [0.29, 0.717) is 5.82 Å². The molecule has 0 aromatic carbocycles. The Morgan fingerprint density at radius 1 is 1.33 bits per heavy atom. The van der Waals surface area contributed by atoms with Gasteiger partial charge in [-0.3, -0.25) is 5.43 Å². The number of aliphatic hydroxyl groups excluding tert-OH is 3. The van der Waals surface area contributed by atoms with E-state index in [4.69, 9.17) is 16.3 Å². The molecule has 1 fully saturated rings. The maximum atomic E-state index is 9.57. The fourth-order valence-corrected chi connectivity index (χ4v) is 1.40. The quantitative estimate of drug-likeness (QED) is 0.509. The van der Waals surface area contributed by atoms with Crippen molar-refractivity contribution >= 4 is 23.3 Å². The average Bonchev–Trinajstić information content (AvgIpc) is 2.37. The van der Waals surface area contributed by atoms with Crippen LogP contribution in [0.1, 0.15) is 0 Å². The fourth-order valence-electron chi connectivity index (χ4n) is 1.30. The van der Waals surface area contributed by atoms with Crippen LogP contribution in [0.3, 0.4) is 0 Å². The molecule has 2 rings (SSSR count). The van der Waals surface area contributed by atoms with Gasteiger partial charge in [0.25, 0.3) is 0 Å². The molecule has 0 aliphatic carbocycles. The van der Waals surface area contributed by atoms with E-state index in [1.807, 2.05) is 0 Å². The summed E-state index contributed by atoms with van der Waals surface area (Å²) in [6.07, 6.45) is -3.88. The van der Waals surface area contributed by atoms with Gasteiger partial charge in [-0.15, -0.1) is 15.3 Å². The fraction of sp³-hybridized carbons (Fsp3) is 0.444. The van der Waals surface area contributed by atoms with Crippen molar-refractivity contribution in [1.29, 1.82) is 0 Å². The van der Waals surface area contributed by atoms with Gasteiger partial charge in [-0.25, -0.2) is 0 Å². The standard InChI is InChI=1S/C9H11ClN4O4/c10-5-1-2-6(12-11-5)13-14-9-8(17)7(16)4(15)3-18-9/h1-2,4,7-8,15-17H,3H2,(H,12,13)/b14-9-/t4-,7+,8-/m1/s1. The molecule has 1 saturated heterocycles. The molecule has 0 unspecified atom stereocenters. The Hall–Kier alpha value is -1.48. The number of hydrogen-bond acceptors (Lipinski definition) is 8. The zero-order chi connectivity index (χ0) is 13.1. The molecule has 0 spiro atoms. The Balaban J connectivity index is 2.03. The molecule has 2 heterocycles.